The number of hydrogen-bond acceptors (Lipinski definition) is 5. The van der Waals surface area contributed by atoms with E-state index in [4.69, 9.17) is 4.74 Å². The van der Waals surface area contributed by atoms with Crippen molar-refractivity contribution in [3.63, 3.8) is 0 Å². The number of esters is 1. The van der Waals surface area contributed by atoms with Crippen molar-refractivity contribution in [2.24, 2.45) is 0 Å². The SMILES string of the molecule is CCc1cccc(CC)c1NC(=O)COC(=O)c1cccc(S(=O)(=O)N2CCc3ccccc32)c1. The summed E-state index contributed by atoms with van der Waals surface area (Å²) in [5.41, 5.74) is 4.44. The quantitative estimate of drug-likeness (QED) is 0.472. The maximum atomic E-state index is 13.3. The van der Waals surface area contributed by atoms with Crippen LogP contribution in [0.2, 0.25) is 0 Å². The Hall–Kier alpha value is -3.65. The standard InChI is InChI=1S/C27H28N2O5S/c1-3-19-10-7-11-20(4-2)26(19)28-25(30)18-34-27(31)22-12-8-13-23(17-22)35(32,33)29-16-15-21-9-5-6-14-24(21)29/h5-14,17H,3-4,15-16,18H2,1-2H3,(H,28,30). The molecule has 182 valence electrons. The monoisotopic (exact) mass is 492 g/mol. The van der Waals surface area contributed by atoms with Gasteiger partial charge in [-0.25, -0.2) is 13.2 Å². The van der Waals surface area contributed by atoms with Crippen LogP contribution in [0.15, 0.2) is 71.6 Å². The molecule has 0 spiro atoms. The Labute approximate surface area is 205 Å². The zero-order valence-corrected chi connectivity index (χ0v) is 20.6. The van der Waals surface area contributed by atoms with Crippen LogP contribution in [0.1, 0.15) is 40.9 Å². The molecule has 1 N–H and O–H groups in total. The molecule has 1 heterocycles. The van der Waals surface area contributed by atoms with Gasteiger partial charge in [-0.15, -0.1) is 0 Å². The number of nitrogens with one attached hydrogen (secondary N) is 1. The number of sulfonamides is 1. The van der Waals surface area contributed by atoms with Crippen molar-refractivity contribution in [2.75, 3.05) is 22.8 Å². The predicted molar refractivity (Wildman–Crippen MR) is 135 cm³/mol. The Morgan fingerprint density at radius 3 is 2.34 bits per heavy atom. The van der Waals surface area contributed by atoms with Crippen molar-refractivity contribution in [2.45, 2.75) is 38.0 Å². The molecular weight excluding hydrogens is 464 g/mol. The molecule has 8 heteroatoms. The Bertz CT molecular complexity index is 1350. The molecule has 0 radical (unpaired) electrons. The normalized spacial score (nSPS) is 12.8. The first kappa shape index (κ1) is 24.5. The maximum Gasteiger partial charge on any atom is 0.338 e. The predicted octanol–water partition coefficient (Wildman–Crippen LogP) is 4.36. The number of rotatable bonds is 8. The molecule has 1 aliphatic rings. The zero-order chi connectivity index (χ0) is 25.0. The highest BCUT2D eigenvalue weighted by molar-refractivity contribution is 7.92. The Morgan fingerprint density at radius 2 is 1.63 bits per heavy atom. The average molecular weight is 493 g/mol. The van der Waals surface area contributed by atoms with E-state index < -0.39 is 28.5 Å². The molecule has 1 amide bonds. The average Bonchev–Trinajstić information content (AvgIpc) is 3.32. The van der Waals surface area contributed by atoms with Gasteiger partial charge in [-0.1, -0.05) is 56.3 Å². The molecule has 0 saturated heterocycles. The fourth-order valence-corrected chi connectivity index (χ4v) is 5.81. The number of para-hydroxylation sites is 2. The Kier molecular flexibility index (Phi) is 7.21. The number of anilines is 2. The zero-order valence-electron chi connectivity index (χ0n) is 19.8. The fourth-order valence-electron chi connectivity index (χ4n) is 4.26. The molecule has 1 aliphatic heterocycles. The number of amides is 1. The summed E-state index contributed by atoms with van der Waals surface area (Å²) in [5.74, 6) is -1.22. The lowest BCUT2D eigenvalue weighted by molar-refractivity contribution is -0.119. The van der Waals surface area contributed by atoms with Crippen molar-refractivity contribution in [1.29, 1.82) is 0 Å². The summed E-state index contributed by atoms with van der Waals surface area (Å²) < 4.78 is 33.1. The van der Waals surface area contributed by atoms with E-state index in [1.807, 2.05) is 44.2 Å². The van der Waals surface area contributed by atoms with Gasteiger partial charge in [-0.2, -0.15) is 0 Å². The first-order valence-electron chi connectivity index (χ1n) is 11.6. The van der Waals surface area contributed by atoms with E-state index in [0.717, 1.165) is 35.2 Å². The van der Waals surface area contributed by atoms with Crippen molar-refractivity contribution < 1.29 is 22.7 Å². The van der Waals surface area contributed by atoms with Crippen molar-refractivity contribution in [3.05, 3.63) is 89.0 Å². The molecule has 0 bridgehead atoms. The number of nitrogens with zero attached hydrogens (tertiary/aromatic N) is 1. The van der Waals surface area contributed by atoms with Crippen LogP contribution in [0.5, 0.6) is 0 Å². The van der Waals surface area contributed by atoms with Gasteiger partial charge in [-0.05, 0) is 60.2 Å². The second-order valence-corrected chi connectivity index (χ2v) is 10.1. The summed E-state index contributed by atoms with van der Waals surface area (Å²) in [4.78, 5) is 25.1. The van der Waals surface area contributed by atoms with Crippen LogP contribution in [-0.2, 0) is 38.8 Å². The third-order valence-corrected chi connectivity index (χ3v) is 7.91. The molecule has 0 atom stereocenters. The summed E-state index contributed by atoms with van der Waals surface area (Å²) in [7, 11) is -3.85. The number of aryl methyl sites for hydroxylation is 2. The van der Waals surface area contributed by atoms with Gasteiger partial charge < -0.3 is 10.1 Å². The number of carbonyl (C=O) groups excluding carboxylic acids is 2. The van der Waals surface area contributed by atoms with E-state index >= 15 is 0 Å². The van der Waals surface area contributed by atoms with Crippen molar-refractivity contribution >= 4 is 33.3 Å². The third-order valence-electron chi connectivity index (χ3n) is 6.10. The van der Waals surface area contributed by atoms with Gasteiger partial charge in [-0.3, -0.25) is 9.10 Å². The van der Waals surface area contributed by atoms with Crippen LogP contribution in [0.3, 0.4) is 0 Å². The Balaban J connectivity index is 1.45. The third kappa shape index (κ3) is 5.07. The second kappa shape index (κ2) is 10.3. The van der Waals surface area contributed by atoms with E-state index in [1.165, 1.54) is 28.6 Å². The fraction of sp³-hybridized carbons (Fsp3) is 0.259. The smallest absolute Gasteiger partial charge is 0.338 e. The van der Waals surface area contributed by atoms with Crippen LogP contribution in [-0.4, -0.2) is 33.4 Å². The molecule has 0 aromatic heterocycles. The van der Waals surface area contributed by atoms with Crippen LogP contribution in [0.4, 0.5) is 11.4 Å². The lowest BCUT2D eigenvalue weighted by atomic mass is 10.0. The number of carbonyl (C=O) groups is 2. The molecule has 35 heavy (non-hydrogen) atoms. The Morgan fingerprint density at radius 1 is 0.943 bits per heavy atom. The molecule has 3 aromatic rings. The summed E-state index contributed by atoms with van der Waals surface area (Å²) in [6.45, 7) is 3.88. The first-order chi connectivity index (χ1) is 16.8. The number of benzene rings is 3. The summed E-state index contributed by atoms with van der Waals surface area (Å²) in [6, 6.07) is 18.9. The van der Waals surface area contributed by atoms with E-state index in [0.29, 0.717) is 18.7 Å². The summed E-state index contributed by atoms with van der Waals surface area (Å²) in [5, 5.41) is 2.85. The molecule has 4 rings (SSSR count). The minimum Gasteiger partial charge on any atom is -0.452 e. The van der Waals surface area contributed by atoms with Gasteiger partial charge in [0.25, 0.3) is 15.9 Å². The van der Waals surface area contributed by atoms with E-state index in [9.17, 15) is 18.0 Å². The van der Waals surface area contributed by atoms with Gasteiger partial charge in [0.2, 0.25) is 0 Å². The number of fused-ring (bicyclic) bond motifs is 1. The van der Waals surface area contributed by atoms with Gasteiger partial charge in [0, 0.05) is 12.2 Å². The minimum absolute atomic E-state index is 0.00225. The molecule has 0 unspecified atom stereocenters. The van der Waals surface area contributed by atoms with Gasteiger partial charge in [0.15, 0.2) is 6.61 Å². The summed E-state index contributed by atoms with van der Waals surface area (Å²) >= 11 is 0. The van der Waals surface area contributed by atoms with Crippen LogP contribution >= 0.6 is 0 Å². The lowest BCUT2D eigenvalue weighted by Crippen LogP contribution is -2.29. The lowest BCUT2D eigenvalue weighted by Gasteiger charge is -2.19. The van der Waals surface area contributed by atoms with Crippen LogP contribution in [0.25, 0.3) is 0 Å². The molecule has 3 aromatic carbocycles. The van der Waals surface area contributed by atoms with E-state index in [1.54, 1.807) is 12.1 Å². The second-order valence-electron chi connectivity index (χ2n) is 8.27. The molecule has 7 nitrogen and oxygen atoms in total. The number of hydrogen-bond donors (Lipinski definition) is 1. The molecule has 0 fully saturated rings. The highest BCUT2D eigenvalue weighted by atomic mass is 32.2. The summed E-state index contributed by atoms with van der Waals surface area (Å²) in [6.07, 6.45) is 2.14. The van der Waals surface area contributed by atoms with Crippen molar-refractivity contribution in [1.82, 2.24) is 0 Å². The van der Waals surface area contributed by atoms with Crippen molar-refractivity contribution in [3.8, 4) is 0 Å². The van der Waals surface area contributed by atoms with E-state index in [-0.39, 0.29) is 10.5 Å². The van der Waals surface area contributed by atoms with Crippen LogP contribution < -0.4 is 9.62 Å². The largest absolute Gasteiger partial charge is 0.452 e. The number of ether oxygens (including phenoxy) is 1. The molecule has 0 saturated carbocycles. The highest BCUT2D eigenvalue weighted by Gasteiger charge is 2.31. The highest BCUT2D eigenvalue weighted by Crippen LogP contribution is 2.32. The van der Waals surface area contributed by atoms with Gasteiger partial charge in [0.1, 0.15) is 0 Å². The maximum absolute atomic E-state index is 13.3. The molecular formula is C27H28N2O5S. The first-order valence-corrected chi connectivity index (χ1v) is 13.1. The van der Waals surface area contributed by atoms with Gasteiger partial charge >= 0.3 is 5.97 Å². The minimum atomic E-state index is -3.85. The molecule has 0 aliphatic carbocycles. The van der Waals surface area contributed by atoms with E-state index in [2.05, 4.69) is 5.32 Å². The van der Waals surface area contributed by atoms with Gasteiger partial charge in [0.05, 0.1) is 16.1 Å². The topological polar surface area (TPSA) is 92.8 Å². The van der Waals surface area contributed by atoms with Crippen LogP contribution in [0, 0.1) is 0 Å².